The van der Waals surface area contributed by atoms with Crippen LogP contribution >= 0.6 is 0 Å². The Labute approximate surface area is 65.4 Å². The molecular formula is C8H12O3. The van der Waals surface area contributed by atoms with Crippen LogP contribution in [0, 0.1) is 5.92 Å². The van der Waals surface area contributed by atoms with E-state index in [2.05, 4.69) is 0 Å². The van der Waals surface area contributed by atoms with Gasteiger partial charge in [0.25, 0.3) is 0 Å². The zero-order valence-corrected chi connectivity index (χ0v) is 6.32. The van der Waals surface area contributed by atoms with E-state index in [-0.39, 0.29) is 0 Å². The summed E-state index contributed by atoms with van der Waals surface area (Å²) in [5.41, 5.74) is -1.36. The van der Waals surface area contributed by atoms with Gasteiger partial charge in [0.15, 0.2) is 6.29 Å². The van der Waals surface area contributed by atoms with Gasteiger partial charge in [0.1, 0.15) is 11.9 Å². The first-order chi connectivity index (χ1) is 5.23. The molecule has 0 heterocycles. The maximum Gasteiger partial charge on any atom is 0.152 e. The van der Waals surface area contributed by atoms with Crippen LogP contribution in [0.2, 0.25) is 0 Å². The van der Waals surface area contributed by atoms with Crippen molar-refractivity contribution in [3.05, 3.63) is 0 Å². The summed E-state index contributed by atoms with van der Waals surface area (Å²) < 4.78 is 0. The van der Waals surface area contributed by atoms with Gasteiger partial charge in [0.05, 0.1) is 5.92 Å². The topological polar surface area (TPSA) is 54.4 Å². The predicted molar refractivity (Wildman–Crippen MR) is 39.0 cm³/mol. The highest BCUT2D eigenvalue weighted by Gasteiger charge is 2.38. The van der Waals surface area contributed by atoms with E-state index in [4.69, 9.17) is 0 Å². The summed E-state index contributed by atoms with van der Waals surface area (Å²) in [6, 6.07) is 0. The summed E-state index contributed by atoms with van der Waals surface area (Å²) >= 11 is 0. The van der Waals surface area contributed by atoms with Gasteiger partial charge < -0.3 is 14.7 Å². The molecule has 0 amide bonds. The van der Waals surface area contributed by atoms with Gasteiger partial charge in [-0.3, -0.25) is 0 Å². The van der Waals surface area contributed by atoms with Crippen molar-refractivity contribution in [2.24, 2.45) is 5.92 Å². The Morgan fingerprint density at radius 2 is 2.09 bits per heavy atom. The van der Waals surface area contributed by atoms with Gasteiger partial charge in [-0.15, -0.1) is 0 Å². The fraction of sp³-hybridized carbons (Fsp3) is 0.750. The Balaban J connectivity index is 2.72. The van der Waals surface area contributed by atoms with Crippen LogP contribution in [0.5, 0.6) is 0 Å². The van der Waals surface area contributed by atoms with Crippen molar-refractivity contribution in [3.8, 4) is 0 Å². The van der Waals surface area contributed by atoms with Crippen molar-refractivity contribution in [2.45, 2.75) is 31.3 Å². The molecule has 0 aromatic rings. The molecule has 11 heavy (non-hydrogen) atoms. The van der Waals surface area contributed by atoms with E-state index in [1.807, 2.05) is 0 Å². The molecule has 3 heteroatoms. The van der Waals surface area contributed by atoms with E-state index in [1.165, 1.54) is 0 Å². The minimum Gasteiger partial charge on any atom is -0.382 e. The van der Waals surface area contributed by atoms with Crippen molar-refractivity contribution in [3.63, 3.8) is 0 Å². The fourth-order valence-corrected chi connectivity index (χ4v) is 1.54. The van der Waals surface area contributed by atoms with Gasteiger partial charge >= 0.3 is 0 Å². The smallest absolute Gasteiger partial charge is 0.152 e. The fourth-order valence-electron chi connectivity index (χ4n) is 1.54. The Bertz CT molecular complexity index is 167. The summed E-state index contributed by atoms with van der Waals surface area (Å²) in [5.74, 6) is -0.478. The van der Waals surface area contributed by atoms with Crippen LogP contribution in [0.4, 0.5) is 0 Å². The number of hydrogen-bond acceptors (Lipinski definition) is 3. The highest BCUT2D eigenvalue weighted by atomic mass is 16.3. The van der Waals surface area contributed by atoms with E-state index < -0.39 is 11.5 Å². The number of hydrogen-bond donors (Lipinski definition) is 1. The second kappa shape index (κ2) is 3.13. The normalized spacial score (nSPS) is 38.1. The van der Waals surface area contributed by atoms with Crippen molar-refractivity contribution >= 4 is 12.6 Å². The Kier molecular flexibility index (Phi) is 2.39. The number of rotatable bonds is 2. The molecule has 2 unspecified atom stereocenters. The Hall–Kier alpha value is -0.700. The van der Waals surface area contributed by atoms with Gasteiger partial charge in [-0.05, 0) is 12.8 Å². The summed E-state index contributed by atoms with van der Waals surface area (Å²) in [6.07, 6.45) is 4.02. The number of aldehydes is 2. The van der Waals surface area contributed by atoms with Crippen LogP contribution in [0.25, 0.3) is 0 Å². The van der Waals surface area contributed by atoms with E-state index in [0.717, 1.165) is 12.8 Å². The molecular weight excluding hydrogens is 144 g/mol. The first-order valence-corrected chi connectivity index (χ1v) is 3.87. The summed E-state index contributed by atoms with van der Waals surface area (Å²) in [5, 5.41) is 9.54. The molecule has 2 atom stereocenters. The lowest BCUT2D eigenvalue weighted by atomic mass is 9.77. The van der Waals surface area contributed by atoms with Crippen LogP contribution in [0.15, 0.2) is 0 Å². The second-order valence-corrected chi connectivity index (χ2v) is 3.10. The van der Waals surface area contributed by atoms with E-state index in [0.29, 0.717) is 25.4 Å². The molecule has 0 aliphatic heterocycles. The van der Waals surface area contributed by atoms with Crippen LogP contribution in [0.3, 0.4) is 0 Å². The SMILES string of the molecule is O=CC1CCCCC1(O)C=O. The zero-order valence-electron chi connectivity index (χ0n) is 6.32. The maximum absolute atomic E-state index is 10.4. The molecule has 0 saturated heterocycles. The highest BCUT2D eigenvalue weighted by molar-refractivity contribution is 5.71. The van der Waals surface area contributed by atoms with Gasteiger partial charge in [-0.25, -0.2) is 0 Å². The van der Waals surface area contributed by atoms with Crippen molar-refractivity contribution < 1.29 is 14.7 Å². The van der Waals surface area contributed by atoms with E-state index in [9.17, 15) is 14.7 Å². The molecule has 1 saturated carbocycles. The van der Waals surface area contributed by atoms with Gasteiger partial charge in [0, 0.05) is 0 Å². The molecule has 1 fully saturated rings. The summed E-state index contributed by atoms with van der Waals surface area (Å²) in [4.78, 5) is 20.9. The molecule has 1 rings (SSSR count). The second-order valence-electron chi connectivity index (χ2n) is 3.10. The van der Waals surface area contributed by atoms with Gasteiger partial charge in [0.2, 0.25) is 0 Å². The third kappa shape index (κ3) is 1.48. The third-order valence-electron chi connectivity index (χ3n) is 2.35. The minimum absolute atomic E-state index is 0.430. The minimum atomic E-state index is -1.36. The lowest BCUT2D eigenvalue weighted by Crippen LogP contribution is -2.42. The van der Waals surface area contributed by atoms with Crippen LogP contribution in [-0.2, 0) is 9.59 Å². The van der Waals surface area contributed by atoms with Gasteiger partial charge in [-0.1, -0.05) is 12.8 Å². The molecule has 3 nitrogen and oxygen atoms in total. The maximum atomic E-state index is 10.4. The molecule has 0 aromatic carbocycles. The highest BCUT2D eigenvalue weighted by Crippen LogP contribution is 2.30. The average molecular weight is 156 g/mol. The van der Waals surface area contributed by atoms with Crippen molar-refractivity contribution in [2.75, 3.05) is 0 Å². The standard InChI is InChI=1S/C8H12O3/c9-5-7-3-1-2-4-8(7,11)6-10/h5-7,11H,1-4H2. The summed E-state index contributed by atoms with van der Waals surface area (Å²) in [7, 11) is 0. The van der Waals surface area contributed by atoms with Crippen LogP contribution in [0.1, 0.15) is 25.7 Å². The molecule has 0 radical (unpaired) electrons. The molecule has 1 N–H and O–H groups in total. The lowest BCUT2D eigenvalue weighted by Gasteiger charge is -2.31. The molecule has 62 valence electrons. The largest absolute Gasteiger partial charge is 0.382 e. The summed E-state index contributed by atoms with van der Waals surface area (Å²) in [6.45, 7) is 0. The number of carbonyl (C=O) groups excluding carboxylic acids is 2. The van der Waals surface area contributed by atoms with Crippen molar-refractivity contribution in [1.29, 1.82) is 0 Å². The van der Waals surface area contributed by atoms with Crippen LogP contribution < -0.4 is 0 Å². The third-order valence-corrected chi connectivity index (χ3v) is 2.35. The average Bonchev–Trinajstić information content (AvgIpc) is 2.05. The molecule has 1 aliphatic carbocycles. The Morgan fingerprint density at radius 1 is 1.36 bits per heavy atom. The molecule has 0 aromatic heterocycles. The first-order valence-electron chi connectivity index (χ1n) is 3.87. The number of carbonyl (C=O) groups is 2. The quantitative estimate of drug-likeness (QED) is 0.585. The predicted octanol–water partition coefficient (Wildman–Crippen LogP) is 0.305. The lowest BCUT2D eigenvalue weighted by molar-refractivity contribution is -0.139. The zero-order chi connectivity index (χ0) is 8.32. The van der Waals surface area contributed by atoms with Crippen molar-refractivity contribution in [1.82, 2.24) is 0 Å². The molecule has 0 spiro atoms. The van der Waals surface area contributed by atoms with Gasteiger partial charge in [-0.2, -0.15) is 0 Å². The van der Waals surface area contributed by atoms with E-state index in [1.54, 1.807) is 0 Å². The van der Waals surface area contributed by atoms with E-state index >= 15 is 0 Å². The number of aliphatic hydroxyl groups is 1. The molecule has 0 bridgehead atoms. The first kappa shape index (κ1) is 8.40. The van der Waals surface area contributed by atoms with Crippen LogP contribution in [-0.4, -0.2) is 23.3 Å². The monoisotopic (exact) mass is 156 g/mol. The Morgan fingerprint density at radius 3 is 2.55 bits per heavy atom. The molecule has 1 aliphatic rings.